The first-order chi connectivity index (χ1) is 8.43. The fourth-order valence-electron chi connectivity index (χ4n) is 1.31. The van der Waals surface area contributed by atoms with Crippen LogP contribution in [0.4, 0.5) is 11.6 Å². The lowest BCUT2D eigenvalue weighted by Gasteiger charge is -2.18. The normalized spacial score (nSPS) is 9.78. The topological polar surface area (TPSA) is 45.7 Å². The average molecular weight is 249 g/mol. The first kappa shape index (κ1) is 14.0. The van der Waals surface area contributed by atoms with Gasteiger partial charge in [0.15, 0.2) is 0 Å². The standard InChI is InChI=1S/C13H19N3O2/c1-6-13(17)18-9-10-7-11(15(2)3)14-12(8-10)16(4)5/h6-8H,1,9H2,2-5H3. The van der Waals surface area contributed by atoms with Crippen LogP contribution in [0.15, 0.2) is 24.8 Å². The van der Waals surface area contributed by atoms with Gasteiger partial charge in [-0.05, 0) is 17.7 Å². The second-order valence-electron chi connectivity index (χ2n) is 4.29. The maximum atomic E-state index is 11.0. The van der Waals surface area contributed by atoms with Crippen molar-refractivity contribution >= 4 is 17.6 Å². The second-order valence-corrected chi connectivity index (χ2v) is 4.29. The molecule has 0 aliphatic heterocycles. The van der Waals surface area contributed by atoms with Gasteiger partial charge in [-0.2, -0.15) is 0 Å². The quantitative estimate of drug-likeness (QED) is 0.583. The summed E-state index contributed by atoms with van der Waals surface area (Å²) in [7, 11) is 7.67. The SMILES string of the molecule is C=CC(=O)OCc1cc(N(C)C)nc(N(C)C)c1. The van der Waals surface area contributed by atoms with Crippen molar-refractivity contribution in [1.29, 1.82) is 0 Å². The largest absolute Gasteiger partial charge is 0.458 e. The lowest BCUT2D eigenvalue weighted by Crippen LogP contribution is -2.16. The monoisotopic (exact) mass is 249 g/mol. The predicted octanol–water partition coefficient (Wildman–Crippen LogP) is 1.44. The van der Waals surface area contributed by atoms with Gasteiger partial charge in [-0.15, -0.1) is 0 Å². The zero-order valence-electron chi connectivity index (χ0n) is 11.3. The van der Waals surface area contributed by atoms with Gasteiger partial charge in [0.05, 0.1) is 0 Å². The number of pyridine rings is 1. The molecule has 0 saturated heterocycles. The van der Waals surface area contributed by atoms with E-state index >= 15 is 0 Å². The molecule has 0 aliphatic rings. The van der Waals surface area contributed by atoms with Gasteiger partial charge in [-0.25, -0.2) is 9.78 Å². The Hall–Kier alpha value is -2.04. The molecule has 0 fully saturated rings. The summed E-state index contributed by atoms with van der Waals surface area (Å²) < 4.78 is 5.02. The van der Waals surface area contributed by atoms with E-state index in [0.717, 1.165) is 23.3 Å². The summed E-state index contributed by atoms with van der Waals surface area (Å²) in [6, 6.07) is 3.78. The van der Waals surface area contributed by atoms with Crippen molar-refractivity contribution in [3.8, 4) is 0 Å². The molecule has 0 spiro atoms. The molecule has 0 radical (unpaired) electrons. The van der Waals surface area contributed by atoms with Crippen molar-refractivity contribution in [2.75, 3.05) is 38.0 Å². The summed E-state index contributed by atoms with van der Waals surface area (Å²) in [5.74, 6) is 1.22. The first-order valence-corrected chi connectivity index (χ1v) is 5.59. The van der Waals surface area contributed by atoms with Gasteiger partial charge >= 0.3 is 5.97 Å². The minimum absolute atomic E-state index is 0.217. The van der Waals surface area contributed by atoms with Crippen molar-refractivity contribution in [2.24, 2.45) is 0 Å². The van der Waals surface area contributed by atoms with Crippen LogP contribution in [0.2, 0.25) is 0 Å². The number of nitrogens with zero attached hydrogens (tertiary/aromatic N) is 3. The Morgan fingerprint density at radius 1 is 1.28 bits per heavy atom. The molecule has 0 aliphatic carbocycles. The van der Waals surface area contributed by atoms with Gasteiger partial charge in [0.25, 0.3) is 0 Å². The van der Waals surface area contributed by atoms with Crippen LogP contribution in [0.1, 0.15) is 5.56 Å². The molecule has 1 heterocycles. The van der Waals surface area contributed by atoms with Gasteiger partial charge in [0.1, 0.15) is 18.2 Å². The van der Waals surface area contributed by atoms with E-state index in [-0.39, 0.29) is 6.61 Å². The highest BCUT2D eigenvalue weighted by atomic mass is 16.5. The molecule has 0 bridgehead atoms. The number of hydrogen-bond donors (Lipinski definition) is 0. The van der Waals surface area contributed by atoms with Crippen molar-refractivity contribution in [3.63, 3.8) is 0 Å². The van der Waals surface area contributed by atoms with Crippen LogP contribution < -0.4 is 9.80 Å². The Labute approximate surface area is 108 Å². The van der Waals surface area contributed by atoms with E-state index in [2.05, 4.69) is 11.6 Å². The molecule has 5 nitrogen and oxygen atoms in total. The highest BCUT2D eigenvalue weighted by Crippen LogP contribution is 2.18. The predicted molar refractivity (Wildman–Crippen MR) is 72.9 cm³/mol. The van der Waals surface area contributed by atoms with Gasteiger partial charge < -0.3 is 14.5 Å². The van der Waals surface area contributed by atoms with E-state index in [0.29, 0.717) is 0 Å². The third-order valence-electron chi connectivity index (χ3n) is 2.32. The van der Waals surface area contributed by atoms with Crippen LogP contribution in [0.3, 0.4) is 0 Å². The van der Waals surface area contributed by atoms with Crippen molar-refractivity contribution in [3.05, 3.63) is 30.4 Å². The molecule has 0 atom stereocenters. The van der Waals surface area contributed by atoms with Crippen molar-refractivity contribution < 1.29 is 9.53 Å². The Balaban J connectivity index is 2.96. The van der Waals surface area contributed by atoms with Crippen LogP contribution in [-0.4, -0.2) is 39.1 Å². The summed E-state index contributed by atoms with van der Waals surface area (Å²) in [6.07, 6.45) is 1.15. The lowest BCUT2D eigenvalue weighted by atomic mass is 10.2. The van der Waals surface area contributed by atoms with Gasteiger partial charge in [0.2, 0.25) is 0 Å². The summed E-state index contributed by atoms with van der Waals surface area (Å²) >= 11 is 0. The third-order valence-corrected chi connectivity index (χ3v) is 2.32. The maximum absolute atomic E-state index is 11.0. The smallest absolute Gasteiger partial charge is 0.330 e. The molecule has 1 aromatic heterocycles. The number of carbonyl (C=O) groups is 1. The number of hydrogen-bond acceptors (Lipinski definition) is 5. The zero-order valence-corrected chi connectivity index (χ0v) is 11.3. The highest BCUT2D eigenvalue weighted by Gasteiger charge is 2.07. The highest BCUT2D eigenvalue weighted by molar-refractivity contribution is 5.81. The molecule has 0 unspecified atom stereocenters. The Bertz CT molecular complexity index is 416. The minimum atomic E-state index is -0.426. The van der Waals surface area contributed by atoms with Gasteiger partial charge in [0, 0.05) is 34.3 Å². The average Bonchev–Trinajstić information content (AvgIpc) is 2.35. The third kappa shape index (κ3) is 3.76. The van der Waals surface area contributed by atoms with E-state index in [9.17, 15) is 4.79 Å². The van der Waals surface area contributed by atoms with Crippen molar-refractivity contribution in [2.45, 2.75) is 6.61 Å². The summed E-state index contributed by atoms with van der Waals surface area (Å²) in [5.41, 5.74) is 0.896. The Morgan fingerprint density at radius 2 is 1.78 bits per heavy atom. The second kappa shape index (κ2) is 6.05. The molecule has 0 saturated carbocycles. The molecule has 0 amide bonds. The summed E-state index contributed by atoms with van der Waals surface area (Å²) in [4.78, 5) is 19.3. The minimum Gasteiger partial charge on any atom is -0.458 e. The molecule has 18 heavy (non-hydrogen) atoms. The van der Waals surface area contributed by atoms with Crippen LogP contribution in [0.5, 0.6) is 0 Å². The van der Waals surface area contributed by atoms with E-state index < -0.39 is 5.97 Å². The molecule has 1 aromatic rings. The first-order valence-electron chi connectivity index (χ1n) is 5.59. The molecular weight excluding hydrogens is 230 g/mol. The number of aromatic nitrogens is 1. The molecular formula is C13H19N3O2. The Kier molecular flexibility index (Phi) is 4.71. The molecule has 0 N–H and O–H groups in total. The van der Waals surface area contributed by atoms with Crippen LogP contribution >= 0.6 is 0 Å². The fourth-order valence-corrected chi connectivity index (χ4v) is 1.31. The molecule has 0 aromatic carbocycles. The molecule has 5 heteroatoms. The van der Waals surface area contributed by atoms with E-state index in [4.69, 9.17) is 4.74 Å². The maximum Gasteiger partial charge on any atom is 0.330 e. The number of ether oxygens (including phenoxy) is 1. The number of rotatable bonds is 5. The fraction of sp³-hybridized carbons (Fsp3) is 0.385. The molecule has 98 valence electrons. The number of esters is 1. The van der Waals surface area contributed by atoms with Crippen LogP contribution in [-0.2, 0) is 16.1 Å². The van der Waals surface area contributed by atoms with Crippen LogP contribution in [0.25, 0.3) is 0 Å². The van der Waals surface area contributed by atoms with Crippen LogP contribution in [0, 0.1) is 0 Å². The van der Waals surface area contributed by atoms with E-state index in [1.165, 1.54) is 0 Å². The molecule has 1 rings (SSSR count). The summed E-state index contributed by atoms with van der Waals surface area (Å²) in [6.45, 7) is 3.58. The zero-order chi connectivity index (χ0) is 13.7. The van der Waals surface area contributed by atoms with E-state index in [1.54, 1.807) is 0 Å². The van der Waals surface area contributed by atoms with Gasteiger partial charge in [-0.1, -0.05) is 6.58 Å². The lowest BCUT2D eigenvalue weighted by molar-refractivity contribution is -0.138. The summed E-state index contributed by atoms with van der Waals surface area (Å²) in [5, 5.41) is 0. The number of anilines is 2. The van der Waals surface area contributed by atoms with E-state index in [1.807, 2.05) is 50.1 Å². The van der Waals surface area contributed by atoms with Crippen molar-refractivity contribution in [1.82, 2.24) is 4.98 Å². The number of carbonyl (C=O) groups excluding carboxylic acids is 1. The van der Waals surface area contributed by atoms with Gasteiger partial charge in [-0.3, -0.25) is 0 Å². The Morgan fingerprint density at radius 3 is 2.17 bits per heavy atom.